The lowest BCUT2D eigenvalue weighted by Crippen LogP contribution is -2.23. The molecule has 1 unspecified atom stereocenters. The highest BCUT2D eigenvalue weighted by atomic mass is 32.2. The highest BCUT2D eigenvalue weighted by molar-refractivity contribution is 7.89. The van der Waals surface area contributed by atoms with E-state index in [4.69, 9.17) is 9.84 Å². The molecule has 0 aliphatic heterocycles. The minimum absolute atomic E-state index is 0.537. The van der Waals surface area contributed by atoms with Gasteiger partial charge in [-0.3, -0.25) is 9.71 Å². The maximum atomic E-state index is 12.8. The highest BCUT2D eigenvalue weighted by Crippen LogP contribution is 2.40. The number of hydrogen-bond donors (Lipinski definition) is 1. The normalized spacial score (nSPS) is 15.4. The fourth-order valence-electron chi connectivity index (χ4n) is 4.36. The number of ether oxygens (including phenoxy) is 1. The molecule has 0 fully saturated rings. The number of nitrogens with zero attached hydrogens (tertiary/aromatic N) is 3. The van der Waals surface area contributed by atoms with E-state index in [0.717, 1.165) is 39.2 Å². The fraction of sp³-hybridized carbons (Fsp3) is 0.154. The number of nitrogens with one attached hydrogen (secondary N) is 1. The van der Waals surface area contributed by atoms with Crippen molar-refractivity contribution in [3.05, 3.63) is 103 Å². The number of aromatic nitrogens is 3. The first-order valence-electron chi connectivity index (χ1n) is 10.9. The van der Waals surface area contributed by atoms with E-state index < -0.39 is 15.3 Å². The topological polar surface area (TPSA) is 86.1 Å². The largest absolute Gasteiger partial charge is 0.503 e. The van der Waals surface area contributed by atoms with Crippen LogP contribution in [0.4, 0.5) is 0 Å². The summed E-state index contributed by atoms with van der Waals surface area (Å²) in [7, 11) is -2.08. The van der Waals surface area contributed by atoms with Crippen molar-refractivity contribution in [1.29, 1.82) is 0 Å². The molecule has 8 heteroatoms. The molecular formula is C26H24N4O3S. The summed E-state index contributed by atoms with van der Waals surface area (Å²) in [6, 6.07) is 19.8. The third kappa shape index (κ3) is 4.20. The van der Waals surface area contributed by atoms with Gasteiger partial charge in [-0.1, -0.05) is 36.4 Å². The SMILES string of the molecule is COC=CNS(=O)(=O)C1CCc2cc(-c3cn(-c4ccccc4)nc3-c3ccncc3)ccc21. The highest BCUT2D eigenvalue weighted by Gasteiger charge is 2.33. The lowest BCUT2D eigenvalue weighted by molar-refractivity contribution is 0.336. The molecular weight excluding hydrogens is 448 g/mol. The van der Waals surface area contributed by atoms with Gasteiger partial charge in [0.15, 0.2) is 0 Å². The second-order valence-electron chi connectivity index (χ2n) is 8.05. The number of fused-ring (bicyclic) bond motifs is 1. The average molecular weight is 473 g/mol. The molecule has 1 aliphatic carbocycles. The number of methoxy groups -OCH3 is 1. The van der Waals surface area contributed by atoms with E-state index in [9.17, 15) is 8.42 Å². The predicted octanol–water partition coefficient (Wildman–Crippen LogP) is 4.63. The maximum Gasteiger partial charge on any atom is 0.239 e. The molecule has 0 amide bonds. The van der Waals surface area contributed by atoms with Crippen LogP contribution < -0.4 is 4.72 Å². The molecule has 1 N–H and O–H groups in total. The van der Waals surface area contributed by atoms with Gasteiger partial charge < -0.3 is 4.74 Å². The first-order valence-corrected chi connectivity index (χ1v) is 12.5. The van der Waals surface area contributed by atoms with Crippen LogP contribution in [-0.2, 0) is 21.2 Å². The van der Waals surface area contributed by atoms with Gasteiger partial charge in [-0.2, -0.15) is 5.10 Å². The number of pyridine rings is 1. The van der Waals surface area contributed by atoms with Gasteiger partial charge in [-0.25, -0.2) is 13.1 Å². The monoisotopic (exact) mass is 472 g/mol. The molecule has 7 nitrogen and oxygen atoms in total. The molecule has 0 spiro atoms. The Kier molecular flexibility index (Phi) is 5.90. The van der Waals surface area contributed by atoms with E-state index in [1.165, 1.54) is 19.6 Å². The molecule has 0 radical (unpaired) electrons. The molecule has 0 saturated heterocycles. The Labute approximate surface area is 198 Å². The van der Waals surface area contributed by atoms with E-state index in [2.05, 4.69) is 15.8 Å². The lowest BCUT2D eigenvalue weighted by atomic mass is 9.99. The van der Waals surface area contributed by atoms with Gasteiger partial charge in [0.1, 0.15) is 10.9 Å². The molecule has 2 aromatic carbocycles. The Balaban J connectivity index is 1.55. The average Bonchev–Trinajstić information content (AvgIpc) is 3.50. The van der Waals surface area contributed by atoms with Crippen LogP contribution >= 0.6 is 0 Å². The number of para-hydroxylation sites is 1. The van der Waals surface area contributed by atoms with E-state index in [-0.39, 0.29) is 0 Å². The first kappa shape index (κ1) is 21.9. The van der Waals surface area contributed by atoms with Gasteiger partial charge in [0.25, 0.3) is 0 Å². The van der Waals surface area contributed by atoms with E-state index in [1.54, 1.807) is 12.4 Å². The number of hydrogen-bond acceptors (Lipinski definition) is 5. The number of aryl methyl sites for hydroxylation is 1. The zero-order valence-corrected chi connectivity index (χ0v) is 19.4. The van der Waals surface area contributed by atoms with Crippen LogP contribution in [0.1, 0.15) is 22.8 Å². The van der Waals surface area contributed by atoms with Crippen LogP contribution in [0.3, 0.4) is 0 Å². The van der Waals surface area contributed by atoms with Crippen LogP contribution in [0.5, 0.6) is 0 Å². The minimum atomic E-state index is -3.55. The van der Waals surface area contributed by atoms with E-state index in [0.29, 0.717) is 12.8 Å². The Morgan fingerprint density at radius 3 is 2.62 bits per heavy atom. The van der Waals surface area contributed by atoms with Gasteiger partial charge in [-0.15, -0.1) is 0 Å². The zero-order valence-electron chi connectivity index (χ0n) is 18.6. The summed E-state index contributed by atoms with van der Waals surface area (Å²) in [6.07, 6.45) is 9.37. The molecule has 172 valence electrons. The predicted molar refractivity (Wildman–Crippen MR) is 131 cm³/mol. The Morgan fingerprint density at radius 1 is 1.06 bits per heavy atom. The van der Waals surface area contributed by atoms with Crippen molar-refractivity contribution >= 4 is 10.0 Å². The molecule has 0 saturated carbocycles. The number of rotatable bonds is 7. The Morgan fingerprint density at radius 2 is 1.85 bits per heavy atom. The summed E-state index contributed by atoms with van der Waals surface area (Å²) in [5.74, 6) is 0. The molecule has 5 rings (SSSR count). The van der Waals surface area contributed by atoms with Gasteiger partial charge in [-0.05, 0) is 53.8 Å². The van der Waals surface area contributed by atoms with Crippen molar-refractivity contribution < 1.29 is 13.2 Å². The van der Waals surface area contributed by atoms with E-state index in [1.807, 2.05) is 65.5 Å². The smallest absolute Gasteiger partial charge is 0.239 e. The molecule has 34 heavy (non-hydrogen) atoms. The standard InChI is InChI=1S/C26H24N4O3S/c1-33-16-15-28-34(31,32)25-10-8-20-17-21(7-9-23(20)25)24-18-30(22-5-3-2-4-6-22)29-26(24)19-11-13-27-14-12-19/h2-7,9,11-18,25,28H,8,10H2,1H3. The fourth-order valence-corrected chi connectivity index (χ4v) is 5.76. The first-order chi connectivity index (χ1) is 16.6. The quantitative estimate of drug-likeness (QED) is 0.397. The molecule has 0 bridgehead atoms. The van der Waals surface area contributed by atoms with Crippen molar-refractivity contribution in [2.45, 2.75) is 18.1 Å². The second kappa shape index (κ2) is 9.15. The van der Waals surface area contributed by atoms with Crippen molar-refractivity contribution in [3.63, 3.8) is 0 Å². The third-order valence-corrected chi connectivity index (χ3v) is 7.68. The van der Waals surface area contributed by atoms with Gasteiger partial charge in [0.05, 0.1) is 19.1 Å². The number of sulfonamides is 1. The Hall–Kier alpha value is -3.91. The Bertz CT molecular complexity index is 1430. The third-order valence-electron chi connectivity index (χ3n) is 5.98. The van der Waals surface area contributed by atoms with Crippen molar-refractivity contribution in [3.8, 4) is 28.1 Å². The molecule has 1 aliphatic rings. The summed E-state index contributed by atoms with van der Waals surface area (Å²) in [6.45, 7) is 0. The molecule has 4 aromatic rings. The summed E-state index contributed by atoms with van der Waals surface area (Å²) < 4.78 is 34.7. The summed E-state index contributed by atoms with van der Waals surface area (Å²) in [5.41, 5.74) is 6.63. The number of benzene rings is 2. The van der Waals surface area contributed by atoms with Crippen LogP contribution in [-0.4, -0.2) is 30.3 Å². The van der Waals surface area contributed by atoms with Crippen LogP contribution in [0.2, 0.25) is 0 Å². The van der Waals surface area contributed by atoms with Crippen molar-refractivity contribution in [2.24, 2.45) is 0 Å². The summed E-state index contributed by atoms with van der Waals surface area (Å²) in [4.78, 5) is 4.13. The van der Waals surface area contributed by atoms with Crippen LogP contribution in [0.15, 0.2) is 91.7 Å². The van der Waals surface area contributed by atoms with Gasteiger partial charge in [0, 0.05) is 35.9 Å². The lowest BCUT2D eigenvalue weighted by Gasteiger charge is -2.13. The maximum absolute atomic E-state index is 12.8. The molecule has 2 heterocycles. The van der Waals surface area contributed by atoms with Crippen LogP contribution in [0, 0.1) is 0 Å². The van der Waals surface area contributed by atoms with E-state index >= 15 is 0 Å². The zero-order chi connectivity index (χ0) is 23.5. The summed E-state index contributed by atoms with van der Waals surface area (Å²) >= 11 is 0. The van der Waals surface area contributed by atoms with Gasteiger partial charge >= 0.3 is 0 Å². The van der Waals surface area contributed by atoms with Crippen LogP contribution in [0.25, 0.3) is 28.1 Å². The summed E-state index contributed by atoms with van der Waals surface area (Å²) in [5, 5.41) is 4.29. The molecule has 2 aromatic heterocycles. The van der Waals surface area contributed by atoms with Crippen molar-refractivity contribution in [1.82, 2.24) is 19.5 Å². The van der Waals surface area contributed by atoms with Crippen molar-refractivity contribution in [2.75, 3.05) is 7.11 Å². The second-order valence-corrected chi connectivity index (χ2v) is 9.94. The minimum Gasteiger partial charge on any atom is -0.503 e. The van der Waals surface area contributed by atoms with Gasteiger partial charge in [0.2, 0.25) is 10.0 Å². The molecule has 1 atom stereocenters.